The van der Waals surface area contributed by atoms with E-state index in [9.17, 15) is 22.8 Å². The number of carboxylic acid groups (broad SMARTS) is 1. The molecule has 0 amide bonds. The zero-order valence-electron chi connectivity index (χ0n) is 11.4. The summed E-state index contributed by atoms with van der Waals surface area (Å²) in [5, 5.41) is 8.82. The van der Waals surface area contributed by atoms with Gasteiger partial charge < -0.3 is 9.84 Å². The van der Waals surface area contributed by atoms with Crippen molar-refractivity contribution in [1.82, 2.24) is 0 Å². The first kappa shape index (κ1) is 17.9. The van der Waals surface area contributed by atoms with Crippen LogP contribution in [-0.2, 0) is 4.79 Å². The van der Waals surface area contributed by atoms with E-state index < -0.39 is 18.1 Å². The number of rotatable bonds is 4. The minimum Gasteiger partial charge on any atom is -0.478 e. The van der Waals surface area contributed by atoms with Crippen LogP contribution in [0.5, 0.6) is 5.75 Å². The molecule has 0 aromatic heterocycles. The van der Waals surface area contributed by atoms with Crippen LogP contribution in [0.1, 0.15) is 29.3 Å². The number of hydrogen-bond donors (Lipinski definition) is 1. The number of alkyl halides is 3. The fourth-order valence-electron chi connectivity index (χ4n) is 1.40. The molecule has 0 aliphatic heterocycles. The molecule has 0 aliphatic carbocycles. The van der Waals surface area contributed by atoms with E-state index in [1.807, 2.05) is 0 Å². The largest absolute Gasteiger partial charge is 0.573 e. The summed E-state index contributed by atoms with van der Waals surface area (Å²) in [6.45, 7) is 1.41. The van der Waals surface area contributed by atoms with Crippen LogP contribution < -0.4 is 4.74 Å². The molecule has 0 saturated heterocycles. The third-order valence-electron chi connectivity index (χ3n) is 2.15. The van der Waals surface area contributed by atoms with E-state index in [1.165, 1.54) is 6.92 Å². The lowest BCUT2D eigenvalue weighted by atomic mass is 10.1. The fraction of sp³-hybridized carbons (Fsp3) is 0.286. The van der Waals surface area contributed by atoms with Crippen LogP contribution in [0.2, 0.25) is 0 Å². The summed E-state index contributed by atoms with van der Waals surface area (Å²) < 4.78 is 40.3. The van der Waals surface area contributed by atoms with Gasteiger partial charge in [-0.25, -0.2) is 4.79 Å². The van der Waals surface area contributed by atoms with Gasteiger partial charge in [0.2, 0.25) is 0 Å². The standard InChI is InChI=1S/C14H11F3O4S/c1-9(18)22-5-3-2-4-10-6-11(13(19)20)8-12(7-10)21-14(15,16)17/h6-8H,3,5H2,1H3,(H,19,20). The van der Waals surface area contributed by atoms with Crippen molar-refractivity contribution in [1.29, 1.82) is 0 Å². The maximum absolute atomic E-state index is 12.2. The van der Waals surface area contributed by atoms with Gasteiger partial charge in [-0.3, -0.25) is 4.79 Å². The second-order valence-corrected chi connectivity index (χ2v) is 5.26. The molecule has 8 heteroatoms. The predicted molar refractivity (Wildman–Crippen MR) is 74.7 cm³/mol. The first-order chi connectivity index (χ1) is 10.2. The number of hydrogen-bond acceptors (Lipinski definition) is 4. The van der Waals surface area contributed by atoms with Crippen LogP contribution >= 0.6 is 11.8 Å². The minimum absolute atomic E-state index is 0.0597. The summed E-state index contributed by atoms with van der Waals surface area (Å²) in [6.07, 6.45) is -4.57. The van der Waals surface area contributed by atoms with Gasteiger partial charge in [-0.2, -0.15) is 0 Å². The molecule has 4 nitrogen and oxygen atoms in total. The SMILES string of the molecule is CC(=O)SCCC#Cc1cc(OC(F)(F)F)cc(C(=O)O)c1. The molecule has 118 valence electrons. The van der Waals surface area contributed by atoms with Crippen molar-refractivity contribution in [3.63, 3.8) is 0 Å². The third kappa shape index (κ3) is 7.04. The maximum Gasteiger partial charge on any atom is 0.573 e. The van der Waals surface area contributed by atoms with E-state index in [1.54, 1.807) is 0 Å². The molecule has 22 heavy (non-hydrogen) atoms. The molecule has 1 rings (SSSR count). The third-order valence-corrected chi connectivity index (χ3v) is 2.97. The highest BCUT2D eigenvalue weighted by Gasteiger charge is 2.31. The van der Waals surface area contributed by atoms with Gasteiger partial charge in [0.05, 0.1) is 5.56 Å². The molecule has 0 aliphatic rings. The highest BCUT2D eigenvalue weighted by atomic mass is 32.2. The molecular formula is C14H11F3O4S. The van der Waals surface area contributed by atoms with Gasteiger partial charge in [-0.05, 0) is 18.2 Å². The number of halogens is 3. The second-order valence-electron chi connectivity index (χ2n) is 3.99. The normalized spacial score (nSPS) is 10.5. The Morgan fingerprint density at radius 2 is 2.00 bits per heavy atom. The van der Waals surface area contributed by atoms with Crippen molar-refractivity contribution in [2.75, 3.05) is 5.75 Å². The van der Waals surface area contributed by atoms with Gasteiger partial charge in [-0.1, -0.05) is 23.6 Å². The molecule has 0 saturated carbocycles. The van der Waals surface area contributed by atoms with Crippen molar-refractivity contribution in [3.05, 3.63) is 29.3 Å². The van der Waals surface area contributed by atoms with Gasteiger partial charge in [0.1, 0.15) is 5.75 Å². The van der Waals surface area contributed by atoms with Crippen LogP contribution in [0.15, 0.2) is 18.2 Å². The Morgan fingerprint density at radius 1 is 1.32 bits per heavy atom. The highest BCUT2D eigenvalue weighted by Crippen LogP contribution is 2.25. The number of carboxylic acids is 1. The van der Waals surface area contributed by atoms with Crippen LogP contribution in [0.25, 0.3) is 0 Å². The van der Waals surface area contributed by atoms with Crippen LogP contribution in [0.3, 0.4) is 0 Å². The Balaban J connectivity index is 2.91. The average molecular weight is 332 g/mol. The minimum atomic E-state index is -4.92. The van der Waals surface area contributed by atoms with E-state index >= 15 is 0 Å². The topological polar surface area (TPSA) is 63.6 Å². The Kier molecular flexibility index (Phi) is 6.31. The number of benzene rings is 1. The average Bonchev–Trinajstić information content (AvgIpc) is 2.35. The highest BCUT2D eigenvalue weighted by molar-refractivity contribution is 8.13. The van der Waals surface area contributed by atoms with Gasteiger partial charge in [0.25, 0.3) is 0 Å². The lowest BCUT2D eigenvalue weighted by Gasteiger charge is -2.09. The van der Waals surface area contributed by atoms with Crippen molar-refractivity contribution in [2.45, 2.75) is 19.7 Å². The number of thioether (sulfide) groups is 1. The maximum atomic E-state index is 12.2. The van der Waals surface area contributed by atoms with Gasteiger partial charge in [-0.15, -0.1) is 13.2 Å². The number of ether oxygens (including phenoxy) is 1. The van der Waals surface area contributed by atoms with E-state index in [4.69, 9.17) is 5.11 Å². The first-order valence-corrected chi connectivity index (χ1v) is 6.92. The fourth-order valence-corrected chi connectivity index (χ4v) is 1.89. The summed E-state index contributed by atoms with van der Waals surface area (Å²) in [7, 11) is 0. The van der Waals surface area contributed by atoms with Crippen LogP contribution in [0.4, 0.5) is 13.2 Å². The molecule has 0 heterocycles. The van der Waals surface area contributed by atoms with Gasteiger partial charge in [0.15, 0.2) is 5.12 Å². The smallest absolute Gasteiger partial charge is 0.478 e. The molecule has 0 radical (unpaired) electrons. The molecule has 1 aromatic rings. The zero-order valence-corrected chi connectivity index (χ0v) is 12.2. The van der Waals surface area contributed by atoms with Gasteiger partial charge >= 0.3 is 12.3 Å². The van der Waals surface area contributed by atoms with Crippen molar-refractivity contribution < 1.29 is 32.6 Å². The van der Waals surface area contributed by atoms with Gasteiger partial charge in [0, 0.05) is 24.7 Å². The molecule has 0 atom stereocenters. The molecular weight excluding hydrogens is 321 g/mol. The van der Waals surface area contributed by atoms with E-state index in [0.29, 0.717) is 12.2 Å². The van der Waals surface area contributed by atoms with Crippen LogP contribution in [-0.4, -0.2) is 28.3 Å². The Labute approximate surface area is 128 Å². The molecule has 0 bridgehead atoms. The number of carbonyl (C=O) groups excluding carboxylic acids is 1. The Morgan fingerprint density at radius 3 is 2.55 bits per heavy atom. The lowest BCUT2D eigenvalue weighted by molar-refractivity contribution is -0.274. The quantitative estimate of drug-likeness (QED) is 0.677. The molecule has 0 unspecified atom stereocenters. The summed E-state index contributed by atoms with van der Waals surface area (Å²) >= 11 is 1.08. The monoisotopic (exact) mass is 332 g/mol. The Bertz CT molecular complexity index is 629. The predicted octanol–water partition coefficient (Wildman–Crippen LogP) is 3.30. The number of carbonyl (C=O) groups is 2. The number of aromatic carboxylic acids is 1. The van der Waals surface area contributed by atoms with Crippen molar-refractivity contribution in [2.24, 2.45) is 0 Å². The first-order valence-electron chi connectivity index (χ1n) is 5.94. The second kappa shape index (κ2) is 7.75. The lowest BCUT2D eigenvalue weighted by Crippen LogP contribution is -2.17. The summed E-state index contributed by atoms with van der Waals surface area (Å²) in [5.74, 6) is 3.64. The van der Waals surface area contributed by atoms with Crippen molar-refractivity contribution >= 4 is 22.8 Å². The summed E-state index contributed by atoms with van der Waals surface area (Å²) in [5.41, 5.74) is -0.267. The molecule has 1 N–H and O–H groups in total. The summed E-state index contributed by atoms with van der Waals surface area (Å²) in [6, 6.07) is 2.92. The van der Waals surface area contributed by atoms with E-state index in [0.717, 1.165) is 30.0 Å². The summed E-state index contributed by atoms with van der Waals surface area (Å²) in [4.78, 5) is 21.6. The van der Waals surface area contributed by atoms with E-state index in [2.05, 4.69) is 16.6 Å². The molecule has 1 aromatic carbocycles. The van der Waals surface area contributed by atoms with Crippen molar-refractivity contribution in [3.8, 4) is 17.6 Å². The molecule has 0 spiro atoms. The van der Waals surface area contributed by atoms with Crippen LogP contribution in [0, 0.1) is 11.8 Å². The Hall–Kier alpha value is -2.14. The molecule has 0 fully saturated rings. The van der Waals surface area contributed by atoms with E-state index in [-0.39, 0.29) is 16.2 Å². The zero-order chi connectivity index (χ0) is 16.8.